The molecule has 0 aromatic carbocycles. The van der Waals surface area contributed by atoms with Gasteiger partial charge in [0.25, 0.3) is 0 Å². The molecule has 0 radical (unpaired) electrons. The third-order valence-corrected chi connectivity index (χ3v) is 2.92. The van der Waals surface area contributed by atoms with E-state index in [2.05, 4.69) is 38.3 Å². The molecule has 2 N–H and O–H groups in total. The van der Waals surface area contributed by atoms with Crippen LogP contribution in [0.3, 0.4) is 0 Å². The molecule has 108 valence electrons. The molecule has 0 aromatic rings. The van der Waals surface area contributed by atoms with Crippen molar-refractivity contribution in [2.45, 2.75) is 78.9 Å². The Hall–Kier alpha value is -0.410. The van der Waals surface area contributed by atoms with Gasteiger partial charge in [-0.15, -0.1) is 0 Å². The van der Waals surface area contributed by atoms with Crippen molar-refractivity contribution in [3.63, 3.8) is 0 Å². The summed E-state index contributed by atoms with van der Waals surface area (Å²) in [6, 6.07) is 0.947. The van der Waals surface area contributed by atoms with Crippen LogP contribution in [0, 0.1) is 5.92 Å². The van der Waals surface area contributed by atoms with E-state index in [4.69, 9.17) is 0 Å². The number of carbonyl (C=O) groups excluding carboxylic acids is 1. The predicted molar refractivity (Wildman–Crippen MR) is 78.9 cm³/mol. The highest BCUT2D eigenvalue weighted by molar-refractivity contribution is 5.85. The molecule has 0 spiro atoms. The quantitative estimate of drug-likeness (QED) is 0.591. The summed E-state index contributed by atoms with van der Waals surface area (Å²) < 4.78 is 0. The summed E-state index contributed by atoms with van der Waals surface area (Å²) >= 11 is 0. The lowest BCUT2D eigenvalue weighted by Crippen LogP contribution is -2.42. The van der Waals surface area contributed by atoms with E-state index in [0.717, 1.165) is 25.8 Å². The monoisotopic (exact) mass is 256 g/mol. The summed E-state index contributed by atoms with van der Waals surface area (Å²) in [7, 11) is 0. The van der Waals surface area contributed by atoms with Gasteiger partial charge in [-0.05, 0) is 19.4 Å². The number of nitrogens with one attached hydrogen (secondary N) is 2. The second-order valence-electron chi connectivity index (χ2n) is 6.04. The van der Waals surface area contributed by atoms with Crippen LogP contribution in [-0.2, 0) is 4.79 Å². The first-order chi connectivity index (χ1) is 8.34. The van der Waals surface area contributed by atoms with Crippen molar-refractivity contribution in [2.24, 2.45) is 5.92 Å². The lowest BCUT2D eigenvalue weighted by molar-refractivity contribution is -0.124. The molecule has 0 aromatic heterocycles. The molecule has 0 aliphatic rings. The van der Waals surface area contributed by atoms with Crippen molar-refractivity contribution in [1.29, 1.82) is 0 Å². The molecule has 0 rings (SSSR count). The molecule has 0 aliphatic heterocycles. The molecule has 0 heterocycles. The van der Waals surface area contributed by atoms with Crippen LogP contribution < -0.4 is 10.6 Å². The van der Waals surface area contributed by atoms with Crippen molar-refractivity contribution in [3.05, 3.63) is 0 Å². The molecule has 0 unspecified atom stereocenters. The Morgan fingerprint density at radius 2 is 1.56 bits per heavy atom. The molecule has 0 amide bonds. The Morgan fingerprint density at radius 3 is 2.00 bits per heavy atom. The molecule has 0 fully saturated rings. The van der Waals surface area contributed by atoms with Crippen LogP contribution >= 0.6 is 0 Å². The molecule has 3 heteroatoms. The van der Waals surface area contributed by atoms with Gasteiger partial charge >= 0.3 is 0 Å². The fourth-order valence-electron chi connectivity index (χ4n) is 1.98. The van der Waals surface area contributed by atoms with Crippen LogP contribution in [0.1, 0.15) is 60.8 Å². The highest BCUT2D eigenvalue weighted by atomic mass is 16.1. The smallest absolute Gasteiger partial charge is 0.152 e. The maximum atomic E-state index is 12.1. The number of rotatable bonds is 10. The van der Waals surface area contributed by atoms with Gasteiger partial charge in [0.1, 0.15) is 0 Å². The first-order valence-corrected chi connectivity index (χ1v) is 7.37. The Labute approximate surface area is 113 Å². The maximum absolute atomic E-state index is 12.1. The number of Topliss-reactive ketones (excluding diaryl/α,β-unsaturated/α-hetero) is 1. The van der Waals surface area contributed by atoms with Gasteiger partial charge in [-0.2, -0.15) is 0 Å². The Balaban J connectivity index is 3.98. The summed E-state index contributed by atoms with van der Waals surface area (Å²) in [6.07, 6.45) is 3.19. The zero-order valence-electron chi connectivity index (χ0n) is 13.0. The van der Waals surface area contributed by atoms with E-state index in [1.807, 2.05) is 13.8 Å². The largest absolute Gasteiger partial charge is 0.315 e. The van der Waals surface area contributed by atoms with Crippen molar-refractivity contribution in [3.8, 4) is 0 Å². The fourth-order valence-corrected chi connectivity index (χ4v) is 1.98. The lowest BCUT2D eigenvalue weighted by Gasteiger charge is -2.22. The molecular formula is C15H32N2O. The van der Waals surface area contributed by atoms with Crippen LogP contribution in [-0.4, -0.2) is 30.5 Å². The number of hydrogen-bond donors (Lipinski definition) is 2. The standard InChI is InChI=1S/C15H32N2O/c1-11(2)15(18)14(17-13(5)6)9-7-8-10-16-12(3)4/h11-14,16-17H,7-10H2,1-6H3/t14-/m1/s1. The van der Waals surface area contributed by atoms with E-state index in [1.165, 1.54) is 0 Å². The number of ketones is 1. The van der Waals surface area contributed by atoms with Crippen molar-refractivity contribution in [1.82, 2.24) is 10.6 Å². The lowest BCUT2D eigenvalue weighted by atomic mass is 9.96. The number of unbranched alkanes of at least 4 members (excludes halogenated alkanes) is 1. The zero-order valence-corrected chi connectivity index (χ0v) is 13.0. The van der Waals surface area contributed by atoms with Crippen molar-refractivity contribution in [2.75, 3.05) is 6.54 Å². The highest BCUT2D eigenvalue weighted by Gasteiger charge is 2.20. The molecule has 0 saturated carbocycles. The minimum atomic E-state index is 0.0315. The van der Waals surface area contributed by atoms with Gasteiger partial charge in [-0.3, -0.25) is 4.79 Å². The van der Waals surface area contributed by atoms with Gasteiger partial charge in [-0.1, -0.05) is 48.0 Å². The first-order valence-electron chi connectivity index (χ1n) is 7.37. The Bertz CT molecular complexity index is 225. The number of carbonyl (C=O) groups is 1. The van der Waals surface area contributed by atoms with E-state index < -0.39 is 0 Å². The summed E-state index contributed by atoms with van der Waals surface area (Å²) in [5.41, 5.74) is 0. The van der Waals surface area contributed by atoms with Gasteiger partial charge < -0.3 is 10.6 Å². The van der Waals surface area contributed by atoms with E-state index in [9.17, 15) is 4.79 Å². The van der Waals surface area contributed by atoms with E-state index in [0.29, 0.717) is 17.9 Å². The molecular weight excluding hydrogens is 224 g/mol. The zero-order chi connectivity index (χ0) is 14.1. The van der Waals surface area contributed by atoms with Crippen LogP contribution in [0.25, 0.3) is 0 Å². The molecule has 3 nitrogen and oxygen atoms in total. The predicted octanol–water partition coefficient (Wildman–Crippen LogP) is 2.75. The first kappa shape index (κ1) is 17.6. The second kappa shape index (κ2) is 9.51. The minimum absolute atomic E-state index is 0.0315. The summed E-state index contributed by atoms with van der Waals surface area (Å²) in [5, 5.41) is 6.80. The van der Waals surface area contributed by atoms with E-state index in [1.54, 1.807) is 0 Å². The van der Waals surface area contributed by atoms with Crippen LogP contribution in [0.2, 0.25) is 0 Å². The molecule has 0 bridgehead atoms. The average Bonchev–Trinajstić information content (AvgIpc) is 2.24. The normalized spacial score (nSPS) is 13.6. The topological polar surface area (TPSA) is 41.1 Å². The highest BCUT2D eigenvalue weighted by Crippen LogP contribution is 2.08. The van der Waals surface area contributed by atoms with Crippen LogP contribution in [0.4, 0.5) is 0 Å². The van der Waals surface area contributed by atoms with Gasteiger partial charge in [0.2, 0.25) is 0 Å². The Morgan fingerprint density at radius 1 is 0.944 bits per heavy atom. The third-order valence-electron chi connectivity index (χ3n) is 2.92. The summed E-state index contributed by atoms with van der Waals surface area (Å²) in [5.74, 6) is 0.468. The Kier molecular flexibility index (Phi) is 9.29. The van der Waals surface area contributed by atoms with E-state index in [-0.39, 0.29) is 12.0 Å². The third kappa shape index (κ3) is 8.65. The van der Waals surface area contributed by atoms with Gasteiger partial charge in [0.15, 0.2) is 5.78 Å². The average molecular weight is 256 g/mol. The van der Waals surface area contributed by atoms with Crippen molar-refractivity contribution < 1.29 is 4.79 Å². The summed E-state index contributed by atoms with van der Waals surface area (Å²) in [4.78, 5) is 12.1. The van der Waals surface area contributed by atoms with Gasteiger partial charge in [0, 0.05) is 18.0 Å². The van der Waals surface area contributed by atoms with Crippen molar-refractivity contribution >= 4 is 5.78 Å². The van der Waals surface area contributed by atoms with Crippen LogP contribution in [0.15, 0.2) is 0 Å². The number of hydrogen-bond acceptors (Lipinski definition) is 3. The molecule has 0 saturated heterocycles. The minimum Gasteiger partial charge on any atom is -0.315 e. The van der Waals surface area contributed by atoms with Crippen LogP contribution in [0.5, 0.6) is 0 Å². The maximum Gasteiger partial charge on any atom is 0.152 e. The summed E-state index contributed by atoms with van der Waals surface area (Å²) in [6.45, 7) is 13.5. The fraction of sp³-hybridized carbons (Fsp3) is 0.933. The molecule has 0 aliphatic carbocycles. The van der Waals surface area contributed by atoms with Gasteiger partial charge in [-0.25, -0.2) is 0 Å². The SMILES string of the molecule is CC(C)NCCCC[C@@H](NC(C)C)C(=O)C(C)C. The molecule has 1 atom stereocenters. The molecule has 18 heavy (non-hydrogen) atoms. The van der Waals surface area contributed by atoms with E-state index >= 15 is 0 Å². The second-order valence-corrected chi connectivity index (χ2v) is 6.04. The van der Waals surface area contributed by atoms with Gasteiger partial charge in [0.05, 0.1) is 6.04 Å².